The fraction of sp³-hybridized carbons (Fsp3) is 0.778. The molecule has 0 radical (unpaired) electrons. The molecular formula is C18H30F3IN4OS. The first-order valence-corrected chi connectivity index (χ1v) is 10.1. The second-order valence-corrected chi connectivity index (χ2v) is 8.70. The summed E-state index contributed by atoms with van der Waals surface area (Å²) in [4.78, 5) is 8.00. The molecule has 5 nitrogen and oxygen atoms in total. The van der Waals surface area contributed by atoms with Gasteiger partial charge in [0.1, 0.15) is 5.01 Å². The molecule has 2 N–H and O–H groups in total. The fourth-order valence-corrected chi connectivity index (χ4v) is 3.96. The number of hydrogen-bond acceptors (Lipinski definition) is 4. The number of guanidine groups is 1. The molecule has 0 amide bonds. The highest BCUT2D eigenvalue weighted by molar-refractivity contribution is 14.0. The molecule has 0 saturated carbocycles. The monoisotopic (exact) mass is 534 g/mol. The van der Waals surface area contributed by atoms with Gasteiger partial charge in [-0.3, -0.25) is 0 Å². The van der Waals surface area contributed by atoms with Crippen LogP contribution in [0.2, 0.25) is 0 Å². The lowest BCUT2D eigenvalue weighted by molar-refractivity contribution is -0.140. The summed E-state index contributed by atoms with van der Waals surface area (Å²) in [6, 6.07) is 0. The Morgan fingerprint density at radius 1 is 1.32 bits per heavy atom. The van der Waals surface area contributed by atoms with Gasteiger partial charge in [-0.2, -0.15) is 13.2 Å². The molecular weight excluding hydrogens is 504 g/mol. The molecule has 1 aromatic rings. The third kappa shape index (κ3) is 7.66. The molecule has 1 aromatic heterocycles. The molecule has 2 atom stereocenters. The summed E-state index contributed by atoms with van der Waals surface area (Å²) in [7, 11) is 0. The Morgan fingerprint density at radius 2 is 2.04 bits per heavy atom. The minimum Gasteiger partial charge on any atom is -0.377 e. The van der Waals surface area contributed by atoms with Crippen molar-refractivity contribution >= 4 is 41.3 Å². The Labute approximate surface area is 186 Å². The summed E-state index contributed by atoms with van der Waals surface area (Å²) >= 11 is 0.973. The predicted molar refractivity (Wildman–Crippen MR) is 117 cm³/mol. The van der Waals surface area contributed by atoms with E-state index >= 15 is 0 Å². The van der Waals surface area contributed by atoms with Gasteiger partial charge in [0, 0.05) is 31.0 Å². The predicted octanol–water partition coefficient (Wildman–Crippen LogP) is 4.68. The normalized spacial score (nSPS) is 21.2. The van der Waals surface area contributed by atoms with Crippen LogP contribution >= 0.6 is 35.3 Å². The van der Waals surface area contributed by atoms with Crippen molar-refractivity contribution in [1.82, 2.24) is 15.6 Å². The van der Waals surface area contributed by atoms with E-state index in [0.717, 1.165) is 36.2 Å². The summed E-state index contributed by atoms with van der Waals surface area (Å²) in [5.41, 5.74) is -0.806. The van der Waals surface area contributed by atoms with E-state index in [4.69, 9.17) is 4.74 Å². The van der Waals surface area contributed by atoms with Crippen molar-refractivity contribution in [2.75, 3.05) is 19.7 Å². The van der Waals surface area contributed by atoms with Crippen LogP contribution in [0.25, 0.3) is 0 Å². The Morgan fingerprint density at radius 3 is 2.61 bits per heavy atom. The van der Waals surface area contributed by atoms with Gasteiger partial charge in [-0.05, 0) is 25.2 Å². The second kappa shape index (κ2) is 11.0. The number of thiazole rings is 1. The van der Waals surface area contributed by atoms with Crippen molar-refractivity contribution in [3.05, 3.63) is 16.1 Å². The van der Waals surface area contributed by atoms with Gasteiger partial charge < -0.3 is 15.4 Å². The van der Waals surface area contributed by atoms with Crippen molar-refractivity contribution in [2.24, 2.45) is 16.3 Å². The number of nitrogens with one attached hydrogen (secondary N) is 2. The van der Waals surface area contributed by atoms with E-state index in [0.29, 0.717) is 30.0 Å². The molecule has 1 aliphatic heterocycles. The van der Waals surface area contributed by atoms with E-state index < -0.39 is 11.9 Å². The summed E-state index contributed by atoms with van der Waals surface area (Å²) in [5.74, 6) is 0.943. The standard InChI is InChI=1S/C18H29F3N4OS.HI/c1-5-22-16(24-10-14-25-13(11-27-14)18(19,20)21)23-9-12-7-6-8-26-15(12)17(2,3)4;/h11-12,15H,5-10H2,1-4H3,(H2,22,23,24);1H. The maximum Gasteiger partial charge on any atom is 0.434 e. The molecule has 2 heterocycles. The zero-order chi connectivity index (χ0) is 20.1. The molecule has 28 heavy (non-hydrogen) atoms. The largest absolute Gasteiger partial charge is 0.434 e. The van der Waals surface area contributed by atoms with Crippen molar-refractivity contribution in [3.8, 4) is 0 Å². The van der Waals surface area contributed by atoms with Crippen molar-refractivity contribution < 1.29 is 17.9 Å². The lowest BCUT2D eigenvalue weighted by atomic mass is 9.78. The second-order valence-electron chi connectivity index (χ2n) is 7.76. The van der Waals surface area contributed by atoms with E-state index in [2.05, 4.69) is 41.4 Å². The average Bonchev–Trinajstić information content (AvgIpc) is 3.06. The highest BCUT2D eigenvalue weighted by Gasteiger charge is 2.35. The Hall–Kier alpha value is -0.620. The smallest absolute Gasteiger partial charge is 0.377 e. The van der Waals surface area contributed by atoms with E-state index in [1.807, 2.05) is 6.92 Å². The van der Waals surface area contributed by atoms with E-state index in [1.54, 1.807) is 0 Å². The first kappa shape index (κ1) is 25.4. The molecule has 0 bridgehead atoms. The van der Waals surface area contributed by atoms with Crippen LogP contribution in [0.3, 0.4) is 0 Å². The number of aliphatic imine (C=N–C) groups is 1. The molecule has 2 unspecified atom stereocenters. The van der Waals surface area contributed by atoms with Gasteiger partial charge in [-0.1, -0.05) is 20.8 Å². The maximum atomic E-state index is 12.7. The Bertz CT molecular complexity index is 631. The van der Waals surface area contributed by atoms with Crippen LogP contribution in [0.4, 0.5) is 13.2 Å². The number of aromatic nitrogens is 1. The van der Waals surface area contributed by atoms with Crippen molar-refractivity contribution in [2.45, 2.75) is 59.4 Å². The molecule has 2 rings (SSSR count). The van der Waals surface area contributed by atoms with Gasteiger partial charge in [-0.25, -0.2) is 9.98 Å². The summed E-state index contributed by atoms with van der Waals surface area (Å²) in [5, 5.41) is 7.82. The minimum absolute atomic E-state index is 0. The number of rotatable bonds is 5. The van der Waals surface area contributed by atoms with Crippen LogP contribution in [0, 0.1) is 11.3 Å². The van der Waals surface area contributed by atoms with Crippen LogP contribution in [0.15, 0.2) is 10.4 Å². The molecule has 1 saturated heterocycles. The molecule has 0 spiro atoms. The SMILES string of the molecule is CCNC(=NCc1nc(C(F)(F)F)cs1)NCC1CCCOC1C(C)(C)C.I. The third-order valence-corrected chi connectivity index (χ3v) is 5.22. The van der Waals surface area contributed by atoms with Crippen LogP contribution in [-0.2, 0) is 17.5 Å². The van der Waals surface area contributed by atoms with Crippen molar-refractivity contribution in [1.29, 1.82) is 0 Å². The van der Waals surface area contributed by atoms with Crippen LogP contribution in [-0.4, -0.2) is 36.7 Å². The van der Waals surface area contributed by atoms with E-state index in [-0.39, 0.29) is 42.0 Å². The van der Waals surface area contributed by atoms with Gasteiger partial charge >= 0.3 is 6.18 Å². The summed E-state index contributed by atoms with van der Waals surface area (Å²) in [6.07, 6.45) is -2.14. The number of halogens is 4. The molecule has 1 aliphatic rings. The van der Waals surface area contributed by atoms with E-state index in [9.17, 15) is 13.2 Å². The summed E-state index contributed by atoms with van der Waals surface area (Å²) in [6.45, 7) is 10.8. The van der Waals surface area contributed by atoms with Gasteiger partial charge in [0.05, 0.1) is 12.6 Å². The third-order valence-electron chi connectivity index (χ3n) is 4.39. The lowest BCUT2D eigenvalue weighted by Crippen LogP contribution is -2.47. The quantitative estimate of drug-likeness (QED) is 0.328. The highest BCUT2D eigenvalue weighted by Crippen LogP contribution is 2.33. The molecule has 162 valence electrons. The number of ether oxygens (including phenoxy) is 1. The first-order chi connectivity index (χ1) is 12.6. The summed E-state index contributed by atoms with van der Waals surface area (Å²) < 4.78 is 44.0. The van der Waals surface area contributed by atoms with Gasteiger partial charge in [0.2, 0.25) is 0 Å². The van der Waals surface area contributed by atoms with Gasteiger partial charge in [0.15, 0.2) is 11.7 Å². The topological polar surface area (TPSA) is 58.5 Å². The minimum atomic E-state index is -4.41. The molecule has 0 aliphatic carbocycles. The Balaban J connectivity index is 0.00000392. The molecule has 10 heteroatoms. The number of alkyl halides is 3. The zero-order valence-electron chi connectivity index (χ0n) is 16.7. The van der Waals surface area contributed by atoms with Gasteiger partial charge in [-0.15, -0.1) is 35.3 Å². The number of hydrogen-bond donors (Lipinski definition) is 2. The highest BCUT2D eigenvalue weighted by atomic mass is 127. The fourth-order valence-electron chi connectivity index (χ4n) is 3.24. The lowest BCUT2D eigenvalue weighted by Gasteiger charge is -2.40. The molecule has 1 fully saturated rings. The maximum absolute atomic E-state index is 12.7. The van der Waals surface area contributed by atoms with Crippen LogP contribution in [0.1, 0.15) is 51.2 Å². The van der Waals surface area contributed by atoms with Crippen molar-refractivity contribution in [3.63, 3.8) is 0 Å². The number of nitrogens with zero attached hydrogens (tertiary/aromatic N) is 2. The van der Waals surface area contributed by atoms with Crippen LogP contribution in [0.5, 0.6) is 0 Å². The van der Waals surface area contributed by atoms with Crippen LogP contribution < -0.4 is 10.6 Å². The first-order valence-electron chi connectivity index (χ1n) is 9.26. The Kier molecular flexibility index (Phi) is 9.95. The van der Waals surface area contributed by atoms with E-state index in [1.165, 1.54) is 0 Å². The van der Waals surface area contributed by atoms with Gasteiger partial charge in [0.25, 0.3) is 0 Å². The average molecular weight is 534 g/mol. The molecule has 0 aromatic carbocycles. The zero-order valence-corrected chi connectivity index (χ0v) is 19.9.